The summed E-state index contributed by atoms with van der Waals surface area (Å²) in [5, 5.41) is 2.90. The van der Waals surface area contributed by atoms with Crippen LogP contribution in [0.2, 0.25) is 0 Å². The van der Waals surface area contributed by atoms with E-state index >= 15 is 0 Å². The second-order valence-corrected chi connectivity index (χ2v) is 5.43. The monoisotopic (exact) mass is 227 g/mol. The minimum atomic E-state index is 0.111. The lowest BCUT2D eigenvalue weighted by atomic mass is 9.91. The first-order valence-corrected chi connectivity index (χ1v) is 6.16. The SMILES string of the molecule is CC(C)(C)CCCNC(=O)CCCCC=O. The summed E-state index contributed by atoms with van der Waals surface area (Å²) in [6.07, 6.45) is 5.80. The van der Waals surface area contributed by atoms with E-state index in [1.54, 1.807) is 0 Å². The molecule has 3 nitrogen and oxygen atoms in total. The number of unbranched alkanes of at least 4 members (excludes halogenated alkanes) is 2. The number of nitrogens with one attached hydrogen (secondary N) is 1. The highest BCUT2D eigenvalue weighted by molar-refractivity contribution is 5.75. The molecule has 0 bridgehead atoms. The van der Waals surface area contributed by atoms with Gasteiger partial charge < -0.3 is 10.1 Å². The average molecular weight is 227 g/mol. The van der Waals surface area contributed by atoms with Crippen LogP contribution in [0.1, 0.15) is 59.3 Å². The van der Waals surface area contributed by atoms with Gasteiger partial charge in [-0.2, -0.15) is 0 Å². The molecule has 1 N–H and O–H groups in total. The first-order valence-electron chi connectivity index (χ1n) is 6.16. The number of amides is 1. The molecule has 0 aromatic carbocycles. The minimum absolute atomic E-state index is 0.111. The molecule has 0 fully saturated rings. The summed E-state index contributed by atoms with van der Waals surface area (Å²) in [7, 11) is 0. The molecule has 94 valence electrons. The van der Waals surface area contributed by atoms with Gasteiger partial charge in [0.15, 0.2) is 0 Å². The Morgan fingerprint density at radius 2 is 1.88 bits per heavy atom. The van der Waals surface area contributed by atoms with Gasteiger partial charge in [-0.1, -0.05) is 20.8 Å². The highest BCUT2D eigenvalue weighted by Gasteiger charge is 2.09. The predicted octanol–water partition coefficient (Wildman–Crippen LogP) is 2.69. The predicted molar refractivity (Wildman–Crippen MR) is 66.2 cm³/mol. The molecule has 0 aromatic rings. The normalized spacial score (nSPS) is 11.2. The Morgan fingerprint density at radius 3 is 2.44 bits per heavy atom. The summed E-state index contributed by atoms with van der Waals surface area (Å²) in [5.74, 6) is 0.111. The van der Waals surface area contributed by atoms with Gasteiger partial charge in [-0.3, -0.25) is 4.79 Å². The number of hydrogen-bond acceptors (Lipinski definition) is 2. The third-order valence-electron chi connectivity index (χ3n) is 2.40. The van der Waals surface area contributed by atoms with Crippen LogP contribution < -0.4 is 5.32 Å². The molecule has 0 heterocycles. The van der Waals surface area contributed by atoms with Crippen LogP contribution in [0.25, 0.3) is 0 Å². The maximum absolute atomic E-state index is 11.3. The molecule has 0 unspecified atom stereocenters. The van der Waals surface area contributed by atoms with Gasteiger partial charge >= 0.3 is 0 Å². The van der Waals surface area contributed by atoms with Crippen molar-refractivity contribution >= 4 is 12.2 Å². The van der Waals surface area contributed by atoms with Crippen LogP contribution in [0.4, 0.5) is 0 Å². The smallest absolute Gasteiger partial charge is 0.219 e. The Labute approximate surface area is 99.0 Å². The molecule has 0 aliphatic rings. The van der Waals surface area contributed by atoms with Gasteiger partial charge in [-0.25, -0.2) is 0 Å². The summed E-state index contributed by atoms with van der Waals surface area (Å²) in [4.78, 5) is 21.4. The summed E-state index contributed by atoms with van der Waals surface area (Å²) >= 11 is 0. The Bertz CT molecular complexity index is 206. The fraction of sp³-hybridized carbons (Fsp3) is 0.846. The minimum Gasteiger partial charge on any atom is -0.356 e. The Morgan fingerprint density at radius 1 is 1.19 bits per heavy atom. The van der Waals surface area contributed by atoms with E-state index in [-0.39, 0.29) is 5.91 Å². The van der Waals surface area contributed by atoms with E-state index in [4.69, 9.17) is 0 Å². The highest BCUT2D eigenvalue weighted by Crippen LogP contribution is 2.19. The van der Waals surface area contributed by atoms with Crippen LogP contribution in [0, 0.1) is 5.41 Å². The fourth-order valence-corrected chi connectivity index (χ4v) is 1.45. The molecular formula is C13H25NO2. The lowest BCUT2D eigenvalue weighted by Gasteiger charge is -2.17. The maximum Gasteiger partial charge on any atom is 0.219 e. The topological polar surface area (TPSA) is 46.2 Å². The van der Waals surface area contributed by atoms with Gasteiger partial charge in [0, 0.05) is 19.4 Å². The zero-order valence-corrected chi connectivity index (χ0v) is 10.8. The standard InChI is InChI=1S/C13H25NO2/c1-13(2,3)9-7-10-14-12(16)8-5-4-6-11-15/h11H,4-10H2,1-3H3,(H,14,16). The lowest BCUT2D eigenvalue weighted by molar-refractivity contribution is -0.121. The summed E-state index contributed by atoms with van der Waals surface area (Å²) in [5.41, 5.74) is 0.342. The van der Waals surface area contributed by atoms with Crippen LogP contribution in [0.3, 0.4) is 0 Å². The van der Waals surface area contributed by atoms with Gasteiger partial charge in [0.05, 0.1) is 0 Å². The Balaban J connectivity index is 3.34. The molecule has 0 aliphatic heterocycles. The largest absolute Gasteiger partial charge is 0.356 e. The summed E-state index contributed by atoms with van der Waals surface area (Å²) in [6.45, 7) is 7.38. The van der Waals surface area contributed by atoms with Crippen LogP contribution in [-0.4, -0.2) is 18.7 Å². The number of carbonyl (C=O) groups is 2. The van der Waals surface area contributed by atoms with Crippen molar-refractivity contribution in [2.45, 2.75) is 59.3 Å². The van der Waals surface area contributed by atoms with E-state index in [9.17, 15) is 9.59 Å². The third kappa shape index (κ3) is 11.2. The van der Waals surface area contributed by atoms with Gasteiger partial charge in [-0.05, 0) is 31.1 Å². The molecular weight excluding hydrogens is 202 g/mol. The van der Waals surface area contributed by atoms with Gasteiger partial charge in [-0.15, -0.1) is 0 Å². The zero-order valence-electron chi connectivity index (χ0n) is 10.8. The molecule has 0 saturated heterocycles. The van der Waals surface area contributed by atoms with Gasteiger partial charge in [0.1, 0.15) is 6.29 Å². The van der Waals surface area contributed by atoms with E-state index in [1.807, 2.05) is 0 Å². The van der Waals surface area contributed by atoms with Crippen molar-refractivity contribution in [3.05, 3.63) is 0 Å². The van der Waals surface area contributed by atoms with Crippen molar-refractivity contribution in [1.82, 2.24) is 5.32 Å². The second-order valence-electron chi connectivity index (χ2n) is 5.43. The zero-order chi connectivity index (χ0) is 12.4. The van der Waals surface area contributed by atoms with Gasteiger partial charge in [0.2, 0.25) is 5.91 Å². The molecule has 0 aromatic heterocycles. The molecule has 0 radical (unpaired) electrons. The molecule has 3 heteroatoms. The highest BCUT2D eigenvalue weighted by atomic mass is 16.1. The molecule has 16 heavy (non-hydrogen) atoms. The number of carbonyl (C=O) groups excluding carboxylic acids is 2. The van der Waals surface area contributed by atoms with Crippen molar-refractivity contribution < 1.29 is 9.59 Å². The van der Waals surface area contributed by atoms with Crippen molar-refractivity contribution in [3.8, 4) is 0 Å². The van der Waals surface area contributed by atoms with E-state index in [1.165, 1.54) is 0 Å². The summed E-state index contributed by atoms with van der Waals surface area (Å²) in [6, 6.07) is 0. The van der Waals surface area contributed by atoms with Crippen molar-refractivity contribution in [1.29, 1.82) is 0 Å². The Kier molecular flexibility index (Phi) is 7.86. The van der Waals surface area contributed by atoms with Crippen LogP contribution in [-0.2, 0) is 9.59 Å². The van der Waals surface area contributed by atoms with Crippen molar-refractivity contribution in [2.24, 2.45) is 5.41 Å². The first-order chi connectivity index (χ1) is 7.45. The third-order valence-corrected chi connectivity index (χ3v) is 2.40. The molecule has 0 spiro atoms. The number of hydrogen-bond donors (Lipinski definition) is 1. The van der Waals surface area contributed by atoms with Crippen molar-refractivity contribution in [2.75, 3.05) is 6.54 Å². The molecule has 0 saturated carbocycles. The maximum atomic E-state index is 11.3. The fourth-order valence-electron chi connectivity index (χ4n) is 1.45. The average Bonchev–Trinajstić information content (AvgIpc) is 2.18. The van der Waals surface area contributed by atoms with Crippen LogP contribution >= 0.6 is 0 Å². The second kappa shape index (κ2) is 8.31. The van der Waals surface area contributed by atoms with Crippen LogP contribution in [0.5, 0.6) is 0 Å². The number of aldehydes is 1. The molecule has 0 rings (SSSR count). The number of rotatable bonds is 8. The van der Waals surface area contributed by atoms with Crippen LogP contribution in [0.15, 0.2) is 0 Å². The van der Waals surface area contributed by atoms with E-state index in [0.717, 1.165) is 38.5 Å². The van der Waals surface area contributed by atoms with Crippen molar-refractivity contribution in [3.63, 3.8) is 0 Å². The van der Waals surface area contributed by atoms with E-state index in [0.29, 0.717) is 18.3 Å². The van der Waals surface area contributed by atoms with E-state index < -0.39 is 0 Å². The Hall–Kier alpha value is -0.860. The molecule has 0 atom stereocenters. The lowest BCUT2D eigenvalue weighted by Crippen LogP contribution is -2.24. The molecule has 1 amide bonds. The van der Waals surface area contributed by atoms with E-state index in [2.05, 4.69) is 26.1 Å². The first kappa shape index (κ1) is 15.1. The van der Waals surface area contributed by atoms with Gasteiger partial charge in [0.25, 0.3) is 0 Å². The quantitative estimate of drug-likeness (QED) is 0.512. The molecule has 0 aliphatic carbocycles. The summed E-state index contributed by atoms with van der Waals surface area (Å²) < 4.78 is 0.